The van der Waals surface area contributed by atoms with Crippen LogP contribution < -0.4 is 5.73 Å². The first kappa shape index (κ1) is 12.1. The van der Waals surface area contributed by atoms with Crippen LogP contribution in [0.5, 0.6) is 0 Å². The van der Waals surface area contributed by atoms with E-state index < -0.39 is 0 Å². The standard InChI is InChI=1S/C9H16N4OS/c1-9(2,5-10)6-13(3)8(14)7-4-11-15-12-7/h4H,5-6,10H2,1-3H3. The van der Waals surface area contributed by atoms with E-state index in [1.807, 2.05) is 13.8 Å². The van der Waals surface area contributed by atoms with E-state index in [9.17, 15) is 4.79 Å². The number of rotatable bonds is 4. The van der Waals surface area contributed by atoms with Crippen LogP contribution in [0.4, 0.5) is 0 Å². The lowest BCUT2D eigenvalue weighted by atomic mass is 9.93. The molecule has 1 amide bonds. The molecule has 84 valence electrons. The van der Waals surface area contributed by atoms with Crippen molar-refractivity contribution < 1.29 is 4.79 Å². The third kappa shape index (κ3) is 3.24. The Morgan fingerprint density at radius 1 is 1.67 bits per heavy atom. The largest absolute Gasteiger partial charge is 0.340 e. The Balaban J connectivity index is 2.62. The van der Waals surface area contributed by atoms with Gasteiger partial charge in [-0.2, -0.15) is 8.75 Å². The van der Waals surface area contributed by atoms with Crippen LogP contribution in [0.1, 0.15) is 24.3 Å². The highest BCUT2D eigenvalue weighted by Crippen LogP contribution is 2.15. The van der Waals surface area contributed by atoms with Crippen molar-refractivity contribution in [2.24, 2.45) is 11.1 Å². The summed E-state index contributed by atoms with van der Waals surface area (Å²) in [5.41, 5.74) is 5.93. The van der Waals surface area contributed by atoms with Gasteiger partial charge in [0.15, 0.2) is 5.69 Å². The normalized spacial score (nSPS) is 11.5. The first-order valence-electron chi connectivity index (χ1n) is 4.69. The van der Waals surface area contributed by atoms with E-state index in [0.717, 1.165) is 11.7 Å². The molecule has 6 heteroatoms. The molecule has 0 radical (unpaired) electrons. The monoisotopic (exact) mass is 228 g/mol. The van der Waals surface area contributed by atoms with E-state index in [4.69, 9.17) is 5.73 Å². The van der Waals surface area contributed by atoms with Crippen LogP contribution >= 0.6 is 11.7 Å². The fourth-order valence-corrected chi connectivity index (χ4v) is 1.64. The Hall–Kier alpha value is -1.01. The molecule has 0 saturated heterocycles. The molecular formula is C9H16N4OS. The second-order valence-corrected chi connectivity index (χ2v) is 4.88. The summed E-state index contributed by atoms with van der Waals surface area (Å²) in [6, 6.07) is 0. The maximum Gasteiger partial charge on any atom is 0.274 e. The summed E-state index contributed by atoms with van der Waals surface area (Å²) in [5, 5.41) is 0. The van der Waals surface area contributed by atoms with Gasteiger partial charge >= 0.3 is 0 Å². The van der Waals surface area contributed by atoms with Crippen molar-refractivity contribution in [1.29, 1.82) is 0 Å². The fraction of sp³-hybridized carbons (Fsp3) is 0.667. The van der Waals surface area contributed by atoms with Gasteiger partial charge in [-0.1, -0.05) is 13.8 Å². The summed E-state index contributed by atoms with van der Waals surface area (Å²) in [4.78, 5) is 13.4. The van der Waals surface area contributed by atoms with Crippen molar-refractivity contribution in [3.63, 3.8) is 0 Å². The summed E-state index contributed by atoms with van der Waals surface area (Å²) in [6.45, 7) is 5.20. The van der Waals surface area contributed by atoms with Crippen molar-refractivity contribution in [3.8, 4) is 0 Å². The predicted molar refractivity (Wildman–Crippen MR) is 59.7 cm³/mol. The lowest BCUT2D eigenvalue weighted by Crippen LogP contribution is -2.39. The molecule has 0 aromatic carbocycles. The van der Waals surface area contributed by atoms with Crippen molar-refractivity contribution in [3.05, 3.63) is 11.9 Å². The number of nitrogens with two attached hydrogens (primary N) is 1. The van der Waals surface area contributed by atoms with Gasteiger partial charge in [-0.3, -0.25) is 4.79 Å². The second-order valence-electron chi connectivity index (χ2n) is 4.32. The highest BCUT2D eigenvalue weighted by Gasteiger charge is 2.22. The van der Waals surface area contributed by atoms with Crippen LogP contribution in [0, 0.1) is 5.41 Å². The van der Waals surface area contributed by atoms with Crippen LogP contribution in [0.3, 0.4) is 0 Å². The quantitative estimate of drug-likeness (QED) is 0.819. The van der Waals surface area contributed by atoms with E-state index >= 15 is 0 Å². The number of carbonyl (C=O) groups is 1. The average molecular weight is 228 g/mol. The van der Waals surface area contributed by atoms with E-state index in [2.05, 4.69) is 8.75 Å². The van der Waals surface area contributed by atoms with Gasteiger partial charge in [-0.15, -0.1) is 0 Å². The fourth-order valence-electron chi connectivity index (χ4n) is 1.23. The van der Waals surface area contributed by atoms with Crippen LogP contribution in [0.15, 0.2) is 6.20 Å². The topological polar surface area (TPSA) is 72.1 Å². The minimum absolute atomic E-state index is 0.0755. The molecule has 1 rings (SSSR count). The number of aromatic nitrogens is 2. The number of hydrogen-bond donors (Lipinski definition) is 1. The van der Waals surface area contributed by atoms with Gasteiger partial charge in [0, 0.05) is 13.6 Å². The molecule has 5 nitrogen and oxygen atoms in total. The summed E-state index contributed by atoms with van der Waals surface area (Å²) in [5.74, 6) is -0.106. The summed E-state index contributed by atoms with van der Waals surface area (Å²) >= 11 is 1.04. The molecular weight excluding hydrogens is 212 g/mol. The van der Waals surface area contributed by atoms with Gasteiger partial charge < -0.3 is 10.6 Å². The number of carbonyl (C=O) groups excluding carboxylic acids is 1. The molecule has 1 aromatic rings. The van der Waals surface area contributed by atoms with Crippen molar-refractivity contribution >= 4 is 17.6 Å². The molecule has 0 bridgehead atoms. The summed E-state index contributed by atoms with van der Waals surface area (Å²) in [6.07, 6.45) is 1.49. The lowest BCUT2D eigenvalue weighted by molar-refractivity contribution is 0.0736. The van der Waals surface area contributed by atoms with E-state index in [1.54, 1.807) is 11.9 Å². The first-order valence-corrected chi connectivity index (χ1v) is 5.42. The SMILES string of the molecule is CN(CC(C)(C)CN)C(=O)c1cnsn1. The third-order valence-electron chi connectivity index (χ3n) is 2.14. The Bertz CT molecular complexity index is 323. The number of nitrogens with zero attached hydrogens (tertiary/aromatic N) is 3. The zero-order valence-electron chi connectivity index (χ0n) is 9.23. The summed E-state index contributed by atoms with van der Waals surface area (Å²) in [7, 11) is 1.75. The molecule has 0 unspecified atom stereocenters. The third-order valence-corrected chi connectivity index (χ3v) is 2.62. The lowest BCUT2D eigenvalue weighted by Gasteiger charge is -2.28. The average Bonchev–Trinajstić information content (AvgIpc) is 2.68. The van der Waals surface area contributed by atoms with Crippen LogP contribution in [0.25, 0.3) is 0 Å². The van der Waals surface area contributed by atoms with Crippen LogP contribution in [0.2, 0.25) is 0 Å². The van der Waals surface area contributed by atoms with Gasteiger partial charge in [0.1, 0.15) is 0 Å². The molecule has 0 aliphatic heterocycles. The smallest absolute Gasteiger partial charge is 0.274 e. The Kier molecular flexibility index (Phi) is 3.76. The molecule has 0 aliphatic carbocycles. The molecule has 0 aliphatic rings. The molecule has 0 spiro atoms. The minimum Gasteiger partial charge on any atom is -0.340 e. The molecule has 0 fully saturated rings. The van der Waals surface area contributed by atoms with Crippen molar-refractivity contribution in [1.82, 2.24) is 13.6 Å². The molecule has 0 atom stereocenters. The zero-order valence-corrected chi connectivity index (χ0v) is 10.0. The maximum atomic E-state index is 11.8. The number of amides is 1. The minimum atomic E-state index is -0.106. The van der Waals surface area contributed by atoms with Gasteiger partial charge in [-0.05, 0) is 12.0 Å². The van der Waals surface area contributed by atoms with Gasteiger partial charge in [0.25, 0.3) is 5.91 Å². The van der Waals surface area contributed by atoms with E-state index in [1.165, 1.54) is 6.20 Å². The number of hydrogen-bond acceptors (Lipinski definition) is 5. The van der Waals surface area contributed by atoms with Gasteiger partial charge in [0.05, 0.1) is 17.9 Å². The van der Waals surface area contributed by atoms with Crippen molar-refractivity contribution in [2.75, 3.05) is 20.1 Å². The Morgan fingerprint density at radius 2 is 2.33 bits per heavy atom. The van der Waals surface area contributed by atoms with Gasteiger partial charge in [0.2, 0.25) is 0 Å². The van der Waals surface area contributed by atoms with E-state index in [0.29, 0.717) is 18.8 Å². The Labute approximate surface area is 93.6 Å². The van der Waals surface area contributed by atoms with Crippen LogP contribution in [-0.4, -0.2) is 39.7 Å². The van der Waals surface area contributed by atoms with Crippen LogP contribution in [-0.2, 0) is 0 Å². The van der Waals surface area contributed by atoms with E-state index in [-0.39, 0.29) is 11.3 Å². The molecule has 0 saturated carbocycles. The Morgan fingerprint density at radius 3 is 2.80 bits per heavy atom. The zero-order chi connectivity index (χ0) is 11.5. The molecule has 1 heterocycles. The predicted octanol–water partition coefficient (Wildman–Crippen LogP) is 0.595. The highest BCUT2D eigenvalue weighted by molar-refractivity contribution is 6.99. The highest BCUT2D eigenvalue weighted by atomic mass is 32.1. The molecule has 1 aromatic heterocycles. The molecule has 15 heavy (non-hydrogen) atoms. The van der Waals surface area contributed by atoms with Crippen molar-refractivity contribution in [2.45, 2.75) is 13.8 Å². The molecule has 2 N–H and O–H groups in total. The second kappa shape index (κ2) is 4.67. The summed E-state index contributed by atoms with van der Waals surface area (Å²) < 4.78 is 7.70. The van der Waals surface area contributed by atoms with Gasteiger partial charge in [-0.25, -0.2) is 0 Å². The first-order chi connectivity index (χ1) is 6.96. The maximum absolute atomic E-state index is 11.8.